The molecule has 0 fully saturated rings. The maximum Gasteiger partial charge on any atom is 0.434 e. The number of rotatable bonds is 11. The van der Waals surface area contributed by atoms with E-state index in [0.29, 0.717) is 35.4 Å². The summed E-state index contributed by atoms with van der Waals surface area (Å²) in [5.41, 5.74) is 0.264. The molecule has 3 rings (SSSR count). The molecule has 38 heavy (non-hydrogen) atoms. The van der Waals surface area contributed by atoms with Crippen LogP contribution in [0, 0.1) is 6.92 Å². The molecule has 15 heteroatoms. The highest BCUT2D eigenvalue weighted by atomic mass is 32.1. The van der Waals surface area contributed by atoms with Crippen molar-refractivity contribution >= 4 is 23.1 Å². The smallest absolute Gasteiger partial charge is 0.434 e. The number of ether oxygens (including phenoxy) is 1. The molecule has 0 atom stereocenters. The number of aromatic nitrogens is 4. The Bertz CT molecular complexity index is 1200. The molecule has 0 radical (unpaired) electrons. The Hall–Kier alpha value is -3.33. The maximum absolute atomic E-state index is 12.9. The van der Waals surface area contributed by atoms with Gasteiger partial charge in [-0.1, -0.05) is 0 Å². The molecular formula is C23H24F6N6O2S. The Balaban J connectivity index is 1.51. The Labute approximate surface area is 218 Å². The maximum atomic E-state index is 12.9. The molecule has 8 nitrogen and oxygen atoms in total. The zero-order chi connectivity index (χ0) is 27.9. The minimum Gasteiger partial charge on any atom is -0.478 e. The molecule has 0 aliphatic rings. The van der Waals surface area contributed by atoms with Crippen molar-refractivity contribution in [3.8, 4) is 5.88 Å². The van der Waals surface area contributed by atoms with Gasteiger partial charge in [0.15, 0.2) is 5.69 Å². The number of halogens is 6. The summed E-state index contributed by atoms with van der Waals surface area (Å²) in [5.74, 6) is -0.181. The van der Waals surface area contributed by atoms with Gasteiger partial charge in [0.25, 0.3) is 5.91 Å². The number of alkyl halides is 6. The van der Waals surface area contributed by atoms with Crippen LogP contribution < -0.4 is 10.1 Å². The van der Waals surface area contributed by atoms with Gasteiger partial charge in [0.05, 0.1) is 48.1 Å². The Morgan fingerprint density at radius 3 is 2.42 bits per heavy atom. The summed E-state index contributed by atoms with van der Waals surface area (Å²) in [5, 5.41) is 2.70. The highest BCUT2D eigenvalue weighted by Crippen LogP contribution is 2.27. The van der Waals surface area contributed by atoms with E-state index in [1.165, 1.54) is 6.20 Å². The molecule has 1 amide bonds. The second-order valence-electron chi connectivity index (χ2n) is 8.34. The van der Waals surface area contributed by atoms with Gasteiger partial charge in [-0.3, -0.25) is 9.78 Å². The van der Waals surface area contributed by atoms with E-state index in [1.807, 2.05) is 0 Å². The van der Waals surface area contributed by atoms with Gasteiger partial charge >= 0.3 is 12.4 Å². The standard InChI is InChI=1S/C23H24F6N6O2S/c1-14-20(17(38-34-14)10-16-12-31-18(13-30-16)23(27,28)29)21(36)33-15-4-5-19(32-11-15)37-9-3-7-35(2)8-6-22(24,25)26/h4-5,11-13H,3,6-10H2,1-2H3,(H,33,36). The van der Waals surface area contributed by atoms with Crippen LogP contribution in [-0.4, -0.2) is 63.1 Å². The van der Waals surface area contributed by atoms with E-state index >= 15 is 0 Å². The molecule has 3 heterocycles. The molecule has 0 aromatic carbocycles. The highest BCUT2D eigenvalue weighted by Gasteiger charge is 2.33. The molecular weight excluding hydrogens is 538 g/mol. The van der Waals surface area contributed by atoms with Gasteiger partial charge in [0.2, 0.25) is 5.88 Å². The number of anilines is 1. The van der Waals surface area contributed by atoms with E-state index < -0.39 is 30.4 Å². The summed E-state index contributed by atoms with van der Waals surface area (Å²) < 4.78 is 84.6. The quantitative estimate of drug-likeness (QED) is 0.255. The molecule has 3 aromatic heterocycles. The van der Waals surface area contributed by atoms with Crippen LogP contribution >= 0.6 is 11.5 Å². The second kappa shape index (κ2) is 12.5. The molecule has 0 spiro atoms. The van der Waals surface area contributed by atoms with E-state index in [4.69, 9.17) is 4.74 Å². The van der Waals surface area contributed by atoms with Gasteiger partial charge in [-0.15, -0.1) is 0 Å². The molecule has 0 saturated heterocycles. The second-order valence-corrected chi connectivity index (χ2v) is 9.20. The van der Waals surface area contributed by atoms with Crippen molar-refractivity contribution < 1.29 is 35.9 Å². The normalized spacial score (nSPS) is 12.1. The van der Waals surface area contributed by atoms with Crippen LogP contribution in [0.15, 0.2) is 30.7 Å². The third-order valence-corrected chi connectivity index (χ3v) is 6.14. The molecule has 0 aliphatic heterocycles. The van der Waals surface area contributed by atoms with E-state index in [1.54, 1.807) is 31.0 Å². The molecule has 1 N–H and O–H groups in total. The Morgan fingerprint density at radius 2 is 1.82 bits per heavy atom. The summed E-state index contributed by atoms with van der Waals surface area (Å²) in [7, 11) is 1.61. The summed E-state index contributed by atoms with van der Waals surface area (Å²) in [6.07, 6.45) is -6.02. The number of nitrogens with one attached hydrogen (secondary N) is 1. The lowest BCUT2D eigenvalue weighted by Gasteiger charge is -2.17. The van der Waals surface area contributed by atoms with Crippen LogP contribution in [0.4, 0.5) is 32.0 Å². The first-order chi connectivity index (χ1) is 17.8. The molecule has 3 aromatic rings. The number of hydrogen-bond acceptors (Lipinski definition) is 8. The minimum absolute atomic E-state index is 0.0792. The van der Waals surface area contributed by atoms with Crippen LogP contribution in [0.5, 0.6) is 5.88 Å². The summed E-state index contributed by atoms with van der Waals surface area (Å²) in [6.45, 7) is 2.24. The van der Waals surface area contributed by atoms with E-state index in [0.717, 1.165) is 17.7 Å². The van der Waals surface area contributed by atoms with Crippen molar-refractivity contribution in [2.24, 2.45) is 0 Å². The number of carbonyl (C=O) groups excluding carboxylic acids is 1. The molecule has 206 valence electrons. The SMILES string of the molecule is Cc1nsc(Cc2cnc(C(F)(F)F)cn2)c1C(=O)Nc1ccc(OCCCN(C)CCC(F)(F)F)nc1. The lowest BCUT2D eigenvalue weighted by molar-refractivity contribution is -0.141. The lowest BCUT2D eigenvalue weighted by atomic mass is 10.1. The first kappa shape index (κ1) is 29.2. The fourth-order valence-corrected chi connectivity index (χ4v) is 4.14. The third-order valence-electron chi connectivity index (χ3n) is 5.20. The largest absolute Gasteiger partial charge is 0.478 e. The zero-order valence-corrected chi connectivity index (χ0v) is 21.2. The highest BCUT2D eigenvalue weighted by molar-refractivity contribution is 7.06. The molecule has 0 bridgehead atoms. The summed E-state index contributed by atoms with van der Waals surface area (Å²) in [6, 6.07) is 3.12. The number of nitrogens with zero attached hydrogens (tertiary/aromatic N) is 5. The topological polar surface area (TPSA) is 93.1 Å². The Kier molecular flexibility index (Phi) is 9.60. The number of pyridine rings is 1. The predicted octanol–water partition coefficient (Wildman–Crippen LogP) is 5.15. The van der Waals surface area contributed by atoms with Crippen LogP contribution in [0.25, 0.3) is 0 Å². The van der Waals surface area contributed by atoms with Gasteiger partial charge in [-0.2, -0.15) is 30.7 Å². The fourth-order valence-electron chi connectivity index (χ4n) is 3.26. The number of hydrogen-bond donors (Lipinski definition) is 1. The van der Waals surface area contributed by atoms with Crippen molar-refractivity contribution in [2.45, 2.75) is 38.5 Å². The summed E-state index contributed by atoms with van der Waals surface area (Å²) >= 11 is 1.04. The van der Waals surface area contributed by atoms with Gasteiger partial charge < -0.3 is 15.0 Å². The van der Waals surface area contributed by atoms with Crippen molar-refractivity contribution in [1.29, 1.82) is 0 Å². The fraction of sp³-hybridized carbons (Fsp3) is 0.435. The van der Waals surface area contributed by atoms with E-state index in [9.17, 15) is 31.1 Å². The van der Waals surface area contributed by atoms with Crippen LogP contribution in [-0.2, 0) is 12.6 Å². The minimum atomic E-state index is -4.59. The average molecular weight is 563 g/mol. The third kappa shape index (κ3) is 8.90. The predicted molar refractivity (Wildman–Crippen MR) is 127 cm³/mol. The van der Waals surface area contributed by atoms with Crippen LogP contribution in [0.2, 0.25) is 0 Å². The van der Waals surface area contributed by atoms with E-state index in [-0.39, 0.29) is 36.7 Å². The monoisotopic (exact) mass is 562 g/mol. The first-order valence-electron chi connectivity index (χ1n) is 11.3. The van der Waals surface area contributed by atoms with Crippen LogP contribution in [0.1, 0.15) is 45.2 Å². The van der Waals surface area contributed by atoms with Crippen molar-refractivity contribution in [1.82, 2.24) is 24.2 Å². The van der Waals surface area contributed by atoms with Crippen molar-refractivity contribution in [2.75, 3.05) is 32.1 Å². The number of amides is 1. The first-order valence-corrected chi connectivity index (χ1v) is 12.1. The average Bonchev–Trinajstić information content (AvgIpc) is 3.20. The van der Waals surface area contributed by atoms with Gasteiger partial charge in [0.1, 0.15) is 0 Å². The zero-order valence-electron chi connectivity index (χ0n) is 20.4. The van der Waals surface area contributed by atoms with Gasteiger partial charge in [0, 0.05) is 36.7 Å². The van der Waals surface area contributed by atoms with Gasteiger partial charge in [-0.05, 0) is 38.0 Å². The molecule has 0 unspecified atom stereocenters. The van der Waals surface area contributed by atoms with Gasteiger partial charge in [-0.25, -0.2) is 9.97 Å². The lowest BCUT2D eigenvalue weighted by Crippen LogP contribution is -2.26. The van der Waals surface area contributed by atoms with Crippen molar-refractivity contribution in [3.05, 3.63) is 58.2 Å². The molecule has 0 saturated carbocycles. The molecule has 0 aliphatic carbocycles. The Morgan fingerprint density at radius 1 is 1.05 bits per heavy atom. The van der Waals surface area contributed by atoms with Crippen molar-refractivity contribution in [3.63, 3.8) is 0 Å². The number of carbonyl (C=O) groups is 1. The number of aryl methyl sites for hydroxylation is 1. The van der Waals surface area contributed by atoms with Crippen LogP contribution in [0.3, 0.4) is 0 Å². The van der Waals surface area contributed by atoms with E-state index in [2.05, 4.69) is 24.6 Å². The summed E-state index contributed by atoms with van der Waals surface area (Å²) in [4.78, 5) is 26.3.